The molecule has 0 aliphatic carbocycles. The number of benzene rings is 1. The smallest absolute Gasteiger partial charge is 0.242 e. The van der Waals surface area contributed by atoms with E-state index in [1.807, 2.05) is 11.0 Å². The number of hydrogen-bond donors (Lipinski definition) is 1. The average Bonchev–Trinajstić information content (AvgIpc) is 3.46. The molecule has 31 heavy (non-hydrogen) atoms. The van der Waals surface area contributed by atoms with Crippen LogP contribution in [0.1, 0.15) is 33.8 Å². The number of thiophene rings is 2. The van der Waals surface area contributed by atoms with Crippen LogP contribution in [-0.2, 0) is 27.7 Å². The number of anilines is 1. The van der Waals surface area contributed by atoms with Crippen molar-refractivity contribution in [1.29, 1.82) is 0 Å². The molecule has 0 unspecified atom stereocenters. The van der Waals surface area contributed by atoms with Gasteiger partial charge in [0, 0.05) is 28.0 Å². The summed E-state index contributed by atoms with van der Waals surface area (Å²) in [7, 11) is -3.75. The topological polar surface area (TPSA) is 83.7 Å². The molecule has 4 heterocycles. The fraction of sp³-hybridized carbons (Fsp3) is 0.318. The van der Waals surface area contributed by atoms with E-state index in [0.29, 0.717) is 13.0 Å². The van der Waals surface area contributed by atoms with Gasteiger partial charge >= 0.3 is 0 Å². The van der Waals surface area contributed by atoms with Crippen molar-refractivity contribution in [3.8, 4) is 0 Å². The van der Waals surface area contributed by atoms with Gasteiger partial charge in [0.1, 0.15) is 0 Å². The Hall–Kier alpha value is -2.20. The van der Waals surface area contributed by atoms with Gasteiger partial charge < -0.3 is 9.80 Å². The number of carbonyl (C=O) groups is 1. The van der Waals surface area contributed by atoms with E-state index in [1.54, 1.807) is 34.8 Å². The van der Waals surface area contributed by atoms with Gasteiger partial charge in [-0.2, -0.15) is 0 Å². The third-order valence-electron chi connectivity index (χ3n) is 6.14. The predicted octanol–water partition coefficient (Wildman–Crippen LogP) is 3.38. The molecule has 2 atom stereocenters. The lowest BCUT2D eigenvalue weighted by Gasteiger charge is -2.37. The van der Waals surface area contributed by atoms with E-state index in [4.69, 9.17) is 5.14 Å². The van der Waals surface area contributed by atoms with Gasteiger partial charge in [0.05, 0.1) is 17.5 Å². The molecule has 0 bridgehead atoms. The number of amides is 1. The van der Waals surface area contributed by atoms with Crippen LogP contribution in [-0.4, -0.2) is 38.4 Å². The molecule has 5 rings (SSSR count). The summed E-state index contributed by atoms with van der Waals surface area (Å²) in [6, 6.07) is 11.3. The standard InChI is InChI=1S/C22H23N3O3S3/c1-14-11-15-12-16(31(23,27)28)4-5-18(15)25(14)13-21(26)24-8-6-19-17(7-10-30-19)22(24)20-3-2-9-29-20/h2-5,7,9-10,12,14,22H,6,8,11,13H2,1H3,(H2,23,27,28)/t14-,22+/m0/s1. The molecule has 0 radical (unpaired) electrons. The third-order valence-corrected chi connectivity index (χ3v) is 8.97. The van der Waals surface area contributed by atoms with Gasteiger partial charge in [0.2, 0.25) is 15.9 Å². The molecule has 0 saturated heterocycles. The molecule has 2 aromatic heterocycles. The van der Waals surface area contributed by atoms with Gasteiger partial charge in [0.25, 0.3) is 0 Å². The highest BCUT2D eigenvalue weighted by atomic mass is 32.2. The summed E-state index contributed by atoms with van der Waals surface area (Å²) in [4.78, 5) is 20.3. The lowest BCUT2D eigenvalue weighted by atomic mass is 9.98. The van der Waals surface area contributed by atoms with Crippen molar-refractivity contribution >= 4 is 44.3 Å². The molecular formula is C22H23N3O3S3. The molecule has 162 valence electrons. The van der Waals surface area contributed by atoms with Gasteiger partial charge in [-0.15, -0.1) is 22.7 Å². The number of hydrogen-bond acceptors (Lipinski definition) is 6. The average molecular weight is 474 g/mol. The van der Waals surface area contributed by atoms with Crippen LogP contribution in [0.15, 0.2) is 52.1 Å². The summed E-state index contributed by atoms with van der Waals surface area (Å²) in [6.07, 6.45) is 1.57. The second-order valence-corrected chi connectivity index (χ2v) is 11.6. The van der Waals surface area contributed by atoms with Gasteiger partial charge in [-0.25, -0.2) is 13.6 Å². The minimum atomic E-state index is -3.75. The molecule has 9 heteroatoms. The van der Waals surface area contributed by atoms with Gasteiger partial charge in [-0.1, -0.05) is 6.07 Å². The van der Waals surface area contributed by atoms with Crippen LogP contribution in [0, 0.1) is 0 Å². The van der Waals surface area contributed by atoms with E-state index >= 15 is 0 Å². The molecule has 1 aromatic carbocycles. The monoisotopic (exact) mass is 473 g/mol. The summed E-state index contributed by atoms with van der Waals surface area (Å²) in [5.41, 5.74) is 3.06. The molecule has 6 nitrogen and oxygen atoms in total. The van der Waals surface area contributed by atoms with Crippen LogP contribution < -0.4 is 10.0 Å². The van der Waals surface area contributed by atoms with Gasteiger partial charge in [0.15, 0.2) is 0 Å². The van der Waals surface area contributed by atoms with Gasteiger partial charge in [-0.3, -0.25) is 4.79 Å². The van der Waals surface area contributed by atoms with Crippen molar-refractivity contribution < 1.29 is 13.2 Å². The largest absolute Gasteiger partial charge is 0.359 e. The van der Waals surface area contributed by atoms with E-state index in [9.17, 15) is 13.2 Å². The minimum absolute atomic E-state index is 0.0374. The number of nitrogens with two attached hydrogens (primary N) is 1. The summed E-state index contributed by atoms with van der Waals surface area (Å²) >= 11 is 3.45. The zero-order chi connectivity index (χ0) is 21.8. The van der Waals surface area contributed by atoms with Crippen LogP contribution >= 0.6 is 22.7 Å². The summed E-state index contributed by atoms with van der Waals surface area (Å²) < 4.78 is 23.4. The maximum absolute atomic E-state index is 13.5. The summed E-state index contributed by atoms with van der Waals surface area (Å²) in [5.74, 6) is 0.0884. The highest BCUT2D eigenvalue weighted by molar-refractivity contribution is 7.89. The molecule has 0 saturated carbocycles. The number of primary sulfonamides is 1. The first-order valence-electron chi connectivity index (χ1n) is 10.1. The Kier molecular flexibility index (Phi) is 5.16. The molecule has 3 aromatic rings. The van der Waals surface area contributed by atoms with Crippen molar-refractivity contribution in [2.75, 3.05) is 18.0 Å². The maximum Gasteiger partial charge on any atom is 0.242 e. The third kappa shape index (κ3) is 3.69. The minimum Gasteiger partial charge on any atom is -0.359 e. The van der Waals surface area contributed by atoms with Crippen LogP contribution in [0.4, 0.5) is 5.69 Å². The molecule has 2 N–H and O–H groups in total. The second-order valence-electron chi connectivity index (χ2n) is 8.07. The molecule has 1 amide bonds. The van der Waals surface area contributed by atoms with E-state index in [2.05, 4.69) is 34.7 Å². The number of nitrogens with zero attached hydrogens (tertiary/aromatic N) is 2. The Bertz CT molecular complexity index is 1230. The zero-order valence-corrected chi connectivity index (χ0v) is 19.5. The Morgan fingerprint density at radius 1 is 1.19 bits per heavy atom. The Balaban J connectivity index is 1.43. The van der Waals surface area contributed by atoms with E-state index in [0.717, 1.165) is 17.7 Å². The lowest BCUT2D eigenvalue weighted by Crippen LogP contribution is -2.46. The maximum atomic E-state index is 13.5. The highest BCUT2D eigenvalue weighted by Gasteiger charge is 2.36. The highest BCUT2D eigenvalue weighted by Crippen LogP contribution is 2.40. The van der Waals surface area contributed by atoms with Crippen molar-refractivity contribution in [1.82, 2.24) is 4.90 Å². The first kappa shape index (κ1) is 20.7. The van der Waals surface area contributed by atoms with Crippen molar-refractivity contribution in [3.63, 3.8) is 0 Å². The Morgan fingerprint density at radius 2 is 2.03 bits per heavy atom. The van der Waals surface area contributed by atoms with Crippen LogP contribution in [0.3, 0.4) is 0 Å². The predicted molar refractivity (Wildman–Crippen MR) is 124 cm³/mol. The number of carbonyl (C=O) groups excluding carboxylic acids is 1. The zero-order valence-electron chi connectivity index (χ0n) is 17.0. The fourth-order valence-electron chi connectivity index (χ4n) is 4.66. The number of sulfonamides is 1. The van der Waals surface area contributed by atoms with E-state index in [1.165, 1.54) is 21.4 Å². The quantitative estimate of drug-likeness (QED) is 0.630. The van der Waals surface area contributed by atoms with Crippen LogP contribution in [0.5, 0.6) is 0 Å². The molecule has 2 aliphatic rings. The molecule has 2 aliphatic heterocycles. The Labute approximate surface area is 190 Å². The van der Waals surface area contributed by atoms with Crippen LogP contribution in [0.25, 0.3) is 0 Å². The first-order valence-corrected chi connectivity index (χ1v) is 13.4. The lowest BCUT2D eigenvalue weighted by molar-refractivity contribution is -0.131. The van der Waals surface area contributed by atoms with Crippen molar-refractivity contribution in [3.05, 3.63) is 68.0 Å². The molecule has 0 fully saturated rings. The Morgan fingerprint density at radius 3 is 2.77 bits per heavy atom. The normalized spacial score (nSPS) is 20.6. The first-order chi connectivity index (χ1) is 14.8. The number of rotatable bonds is 4. The molecule has 0 spiro atoms. The van der Waals surface area contributed by atoms with Crippen molar-refractivity contribution in [2.45, 2.75) is 36.7 Å². The second kappa shape index (κ2) is 7.74. The van der Waals surface area contributed by atoms with E-state index in [-0.39, 0.29) is 29.4 Å². The SMILES string of the molecule is C[C@H]1Cc2cc(S(N)(=O)=O)ccc2N1CC(=O)N1CCc2sccc2[C@@H]1c1cccs1. The van der Waals surface area contributed by atoms with Gasteiger partial charge in [-0.05, 0) is 72.0 Å². The summed E-state index contributed by atoms with van der Waals surface area (Å²) in [5, 5.41) is 9.46. The fourth-order valence-corrected chi connectivity index (χ4v) is 6.99. The summed E-state index contributed by atoms with van der Waals surface area (Å²) in [6.45, 7) is 3.03. The van der Waals surface area contributed by atoms with Crippen molar-refractivity contribution in [2.24, 2.45) is 5.14 Å². The van der Waals surface area contributed by atoms with E-state index < -0.39 is 10.0 Å². The van der Waals surface area contributed by atoms with Crippen LogP contribution in [0.2, 0.25) is 0 Å². The number of fused-ring (bicyclic) bond motifs is 2. The molecular weight excluding hydrogens is 450 g/mol.